The molecule has 0 saturated carbocycles. The van der Waals surface area contributed by atoms with E-state index in [1.807, 2.05) is 6.92 Å². The van der Waals surface area contributed by atoms with Gasteiger partial charge in [0.15, 0.2) is 0 Å². The van der Waals surface area contributed by atoms with E-state index < -0.39 is 0 Å². The number of aryl methyl sites for hydroxylation is 1. The molecular weight excluding hydrogens is 309 g/mol. The van der Waals surface area contributed by atoms with Gasteiger partial charge in [-0.3, -0.25) is 4.79 Å². The van der Waals surface area contributed by atoms with Crippen LogP contribution < -0.4 is 11.1 Å². The lowest BCUT2D eigenvalue weighted by atomic mass is 10.1. The highest BCUT2D eigenvalue weighted by molar-refractivity contribution is 5.75. The molecule has 0 unspecified atom stereocenters. The molecule has 0 saturated heterocycles. The number of nitriles is 1. The van der Waals surface area contributed by atoms with Crippen molar-refractivity contribution in [2.75, 3.05) is 12.3 Å². The topological polar surface area (TPSA) is 96.7 Å². The maximum atomic E-state index is 13.0. The first kappa shape index (κ1) is 17.5. The second kappa shape index (κ2) is 8.11. The Morgan fingerprint density at radius 1 is 1.42 bits per heavy atom. The van der Waals surface area contributed by atoms with Gasteiger partial charge in [0.1, 0.15) is 23.3 Å². The van der Waals surface area contributed by atoms with E-state index in [4.69, 9.17) is 5.73 Å². The molecule has 0 aliphatic heterocycles. The van der Waals surface area contributed by atoms with Gasteiger partial charge >= 0.3 is 0 Å². The lowest BCUT2D eigenvalue weighted by Gasteiger charge is -2.03. The van der Waals surface area contributed by atoms with E-state index in [0.717, 1.165) is 6.42 Å². The number of rotatable bonds is 7. The third kappa shape index (κ3) is 4.10. The summed E-state index contributed by atoms with van der Waals surface area (Å²) in [7, 11) is 0. The Balaban J connectivity index is 2.08. The summed E-state index contributed by atoms with van der Waals surface area (Å²) in [5, 5.41) is 16.5. The number of hydrogen-bond donors (Lipinski definition) is 2. The Kier molecular flexibility index (Phi) is 5.90. The zero-order chi connectivity index (χ0) is 17.5. The summed E-state index contributed by atoms with van der Waals surface area (Å²) in [5.41, 5.74) is 7.47. The number of hydrogen-bond acceptors (Lipinski definition) is 4. The summed E-state index contributed by atoms with van der Waals surface area (Å²) in [4.78, 5) is 11.4. The molecule has 24 heavy (non-hydrogen) atoms. The van der Waals surface area contributed by atoms with E-state index in [0.29, 0.717) is 42.8 Å². The van der Waals surface area contributed by atoms with Crippen LogP contribution in [-0.4, -0.2) is 22.2 Å². The predicted molar refractivity (Wildman–Crippen MR) is 88.9 cm³/mol. The fourth-order valence-electron chi connectivity index (χ4n) is 2.35. The van der Waals surface area contributed by atoms with Crippen molar-refractivity contribution in [1.82, 2.24) is 15.1 Å². The van der Waals surface area contributed by atoms with Gasteiger partial charge in [0.25, 0.3) is 0 Å². The molecule has 0 fully saturated rings. The highest BCUT2D eigenvalue weighted by atomic mass is 19.1. The van der Waals surface area contributed by atoms with Crippen molar-refractivity contribution in [3.8, 4) is 11.8 Å². The molecule has 1 aromatic carbocycles. The van der Waals surface area contributed by atoms with Crippen molar-refractivity contribution in [2.45, 2.75) is 32.6 Å². The maximum absolute atomic E-state index is 13.0. The van der Waals surface area contributed by atoms with Gasteiger partial charge in [-0.1, -0.05) is 6.92 Å². The minimum atomic E-state index is -0.354. The molecule has 0 aliphatic rings. The van der Waals surface area contributed by atoms with Crippen LogP contribution >= 0.6 is 0 Å². The smallest absolute Gasteiger partial charge is 0.219 e. The molecule has 0 spiro atoms. The van der Waals surface area contributed by atoms with Crippen LogP contribution in [0.4, 0.5) is 10.2 Å². The van der Waals surface area contributed by atoms with Crippen molar-refractivity contribution in [3.63, 3.8) is 0 Å². The Morgan fingerprint density at radius 3 is 2.75 bits per heavy atom. The molecule has 0 radical (unpaired) electrons. The normalized spacial score (nSPS) is 10.4. The van der Waals surface area contributed by atoms with Crippen LogP contribution in [0.5, 0.6) is 0 Å². The second-order valence-corrected chi connectivity index (χ2v) is 5.41. The third-order valence-corrected chi connectivity index (χ3v) is 3.57. The Labute approximate surface area is 140 Å². The first-order valence-electron chi connectivity index (χ1n) is 7.87. The number of nitrogens with zero attached hydrogens (tertiary/aromatic N) is 3. The summed E-state index contributed by atoms with van der Waals surface area (Å²) in [6.07, 6.45) is 2.50. The van der Waals surface area contributed by atoms with Crippen LogP contribution in [-0.2, 0) is 11.2 Å². The minimum Gasteiger partial charge on any atom is -0.382 e. The van der Waals surface area contributed by atoms with Crippen LogP contribution in [0.15, 0.2) is 24.3 Å². The van der Waals surface area contributed by atoms with E-state index >= 15 is 0 Å². The van der Waals surface area contributed by atoms with Crippen molar-refractivity contribution in [2.24, 2.45) is 0 Å². The van der Waals surface area contributed by atoms with Crippen LogP contribution in [0.25, 0.3) is 5.69 Å². The number of nitrogens with one attached hydrogen (secondary N) is 1. The molecule has 0 bridgehead atoms. The van der Waals surface area contributed by atoms with Crippen LogP contribution in [0.1, 0.15) is 37.4 Å². The fraction of sp³-hybridized carbons (Fsp3) is 0.353. The summed E-state index contributed by atoms with van der Waals surface area (Å²) < 4.78 is 14.5. The van der Waals surface area contributed by atoms with E-state index in [1.165, 1.54) is 16.8 Å². The molecule has 2 rings (SSSR count). The standard InChI is InChI=1S/C17H20FN5O/c1-2-4-16(24)21-10-3-5-15-14(11-19)17(20)23(22-15)13-8-6-12(18)7-9-13/h6-9H,2-5,10,20H2,1H3,(H,21,24). The van der Waals surface area contributed by atoms with Gasteiger partial charge in [0, 0.05) is 13.0 Å². The number of aromatic nitrogens is 2. The highest BCUT2D eigenvalue weighted by Gasteiger charge is 2.16. The van der Waals surface area contributed by atoms with E-state index in [9.17, 15) is 14.4 Å². The van der Waals surface area contributed by atoms with Gasteiger partial charge in [-0.2, -0.15) is 10.4 Å². The van der Waals surface area contributed by atoms with Crippen LogP contribution in [0, 0.1) is 17.1 Å². The second-order valence-electron chi connectivity index (χ2n) is 5.41. The first-order chi connectivity index (χ1) is 11.6. The molecule has 126 valence electrons. The number of nitrogens with two attached hydrogens (primary N) is 1. The number of halogens is 1. The number of benzene rings is 1. The maximum Gasteiger partial charge on any atom is 0.219 e. The zero-order valence-electron chi connectivity index (χ0n) is 13.6. The zero-order valence-corrected chi connectivity index (χ0v) is 13.6. The Hall–Kier alpha value is -2.88. The van der Waals surface area contributed by atoms with Crippen molar-refractivity contribution in [3.05, 3.63) is 41.3 Å². The molecule has 3 N–H and O–H groups in total. The molecule has 2 aromatic rings. The monoisotopic (exact) mass is 329 g/mol. The van der Waals surface area contributed by atoms with Gasteiger partial charge < -0.3 is 11.1 Å². The van der Waals surface area contributed by atoms with Gasteiger partial charge in [-0.15, -0.1) is 0 Å². The molecule has 0 atom stereocenters. The lowest BCUT2D eigenvalue weighted by molar-refractivity contribution is -0.121. The molecule has 1 amide bonds. The summed E-state index contributed by atoms with van der Waals surface area (Å²) in [5.74, 6) is -0.100. The number of amides is 1. The number of nitrogen functional groups attached to an aromatic ring is 1. The first-order valence-corrected chi connectivity index (χ1v) is 7.87. The number of anilines is 1. The number of carbonyl (C=O) groups is 1. The fourth-order valence-corrected chi connectivity index (χ4v) is 2.35. The lowest BCUT2D eigenvalue weighted by Crippen LogP contribution is -2.24. The average Bonchev–Trinajstić information content (AvgIpc) is 2.88. The van der Waals surface area contributed by atoms with Crippen molar-refractivity contribution in [1.29, 1.82) is 5.26 Å². The van der Waals surface area contributed by atoms with Gasteiger partial charge in [-0.25, -0.2) is 9.07 Å². The SMILES string of the molecule is CCCC(=O)NCCCc1nn(-c2ccc(F)cc2)c(N)c1C#N. The predicted octanol–water partition coefficient (Wildman–Crippen LogP) is 2.31. The van der Waals surface area contributed by atoms with Crippen LogP contribution in [0.3, 0.4) is 0 Å². The molecule has 7 heteroatoms. The van der Waals surface area contributed by atoms with Crippen molar-refractivity contribution < 1.29 is 9.18 Å². The Bertz CT molecular complexity index is 746. The van der Waals surface area contributed by atoms with Gasteiger partial charge in [0.05, 0.1) is 11.4 Å². The van der Waals surface area contributed by atoms with E-state index in [2.05, 4.69) is 16.5 Å². The van der Waals surface area contributed by atoms with Gasteiger partial charge in [-0.05, 0) is 43.5 Å². The quantitative estimate of drug-likeness (QED) is 0.762. The summed E-state index contributed by atoms with van der Waals surface area (Å²) in [6, 6.07) is 7.79. The van der Waals surface area contributed by atoms with Crippen molar-refractivity contribution >= 4 is 11.7 Å². The van der Waals surface area contributed by atoms with Crippen LogP contribution in [0.2, 0.25) is 0 Å². The molecule has 1 heterocycles. The third-order valence-electron chi connectivity index (χ3n) is 3.57. The molecule has 1 aromatic heterocycles. The highest BCUT2D eigenvalue weighted by Crippen LogP contribution is 2.21. The largest absolute Gasteiger partial charge is 0.382 e. The minimum absolute atomic E-state index is 0.0226. The Morgan fingerprint density at radius 2 is 2.12 bits per heavy atom. The molecular formula is C17H20FN5O. The average molecular weight is 329 g/mol. The number of carbonyl (C=O) groups excluding carboxylic acids is 1. The molecule has 0 aliphatic carbocycles. The summed E-state index contributed by atoms with van der Waals surface area (Å²) >= 11 is 0. The summed E-state index contributed by atoms with van der Waals surface area (Å²) in [6.45, 7) is 2.47. The van der Waals surface area contributed by atoms with E-state index in [-0.39, 0.29) is 17.5 Å². The van der Waals surface area contributed by atoms with E-state index in [1.54, 1.807) is 12.1 Å². The molecule has 6 nitrogen and oxygen atoms in total. The van der Waals surface area contributed by atoms with Gasteiger partial charge in [0.2, 0.25) is 5.91 Å².